The Balaban J connectivity index is 2.34. The SMILES string of the molecule is CC1(C)C(N)C(C)(C)C1NS(=O)(=O)c1cc(F)cc(F)c1. The van der Waals surface area contributed by atoms with Gasteiger partial charge in [-0.3, -0.25) is 0 Å². The van der Waals surface area contributed by atoms with Crippen LogP contribution in [-0.4, -0.2) is 20.5 Å². The highest BCUT2D eigenvalue weighted by Gasteiger charge is 2.61. The number of nitrogens with one attached hydrogen (secondary N) is 1. The molecule has 1 aromatic carbocycles. The van der Waals surface area contributed by atoms with Gasteiger partial charge in [0.25, 0.3) is 0 Å². The van der Waals surface area contributed by atoms with Crippen LogP contribution in [0.2, 0.25) is 0 Å². The maximum absolute atomic E-state index is 13.2. The van der Waals surface area contributed by atoms with E-state index in [1.165, 1.54) is 0 Å². The zero-order valence-corrected chi connectivity index (χ0v) is 13.3. The highest BCUT2D eigenvalue weighted by Crippen LogP contribution is 2.52. The van der Waals surface area contributed by atoms with Gasteiger partial charge in [-0.1, -0.05) is 27.7 Å². The second-order valence-corrected chi connectivity index (χ2v) is 8.49. The van der Waals surface area contributed by atoms with Crippen molar-refractivity contribution in [2.75, 3.05) is 0 Å². The summed E-state index contributed by atoms with van der Waals surface area (Å²) in [7, 11) is -4.02. The Kier molecular flexibility index (Phi) is 3.67. The van der Waals surface area contributed by atoms with Gasteiger partial charge in [0, 0.05) is 18.2 Å². The van der Waals surface area contributed by atoms with E-state index in [0.29, 0.717) is 6.07 Å². The minimum atomic E-state index is -4.02. The van der Waals surface area contributed by atoms with Crippen LogP contribution in [0, 0.1) is 22.5 Å². The predicted molar refractivity (Wildman–Crippen MR) is 76.0 cm³/mol. The summed E-state index contributed by atoms with van der Waals surface area (Å²) in [6, 6.07) is 1.62. The largest absolute Gasteiger partial charge is 0.327 e. The molecule has 1 fully saturated rings. The monoisotopic (exact) mass is 318 g/mol. The molecule has 3 N–H and O–H groups in total. The molecule has 118 valence electrons. The first-order valence-corrected chi connectivity index (χ1v) is 8.11. The zero-order valence-electron chi connectivity index (χ0n) is 12.4. The average molecular weight is 318 g/mol. The van der Waals surface area contributed by atoms with Gasteiger partial charge < -0.3 is 5.73 Å². The van der Waals surface area contributed by atoms with Crippen molar-refractivity contribution in [3.63, 3.8) is 0 Å². The second-order valence-electron chi connectivity index (χ2n) is 6.78. The van der Waals surface area contributed by atoms with E-state index < -0.39 is 43.4 Å². The molecule has 0 unspecified atom stereocenters. The third-order valence-corrected chi connectivity index (χ3v) is 5.91. The van der Waals surface area contributed by atoms with Crippen LogP contribution in [-0.2, 0) is 10.0 Å². The van der Waals surface area contributed by atoms with Crippen molar-refractivity contribution in [1.82, 2.24) is 4.72 Å². The molecular formula is C14H20F2N2O2S. The van der Waals surface area contributed by atoms with Gasteiger partial charge in [-0.25, -0.2) is 21.9 Å². The quantitative estimate of drug-likeness (QED) is 0.895. The second kappa shape index (κ2) is 4.72. The van der Waals surface area contributed by atoms with E-state index in [1.54, 1.807) is 0 Å². The van der Waals surface area contributed by atoms with Gasteiger partial charge in [0.2, 0.25) is 10.0 Å². The molecule has 0 radical (unpaired) electrons. The van der Waals surface area contributed by atoms with Crippen LogP contribution in [0.3, 0.4) is 0 Å². The highest BCUT2D eigenvalue weighted by molar-refractivity contribution is 7.89. The smallest absolute Gasteiger partial charge is 0.241 e. The maximum atomic E-state index is 13.2. The summed E-state index contributed by atoms with van der Waals surface area (Å²) in [6.07, 6.45) is 0. The minimum absolute atomic E-state index is 0.179. The number of hydrogen-bond acceptors (Lipinski definition) is 3. The Morgan fingerprint density at radius 2 is 1.48 bits per heavy atom. The van der Waals surface area contributed by atoms with Crippen LogP contribution in [0.25, 0.3) is 0 Å². The van der Waals surface area contributed by atoms with Crippen LogP contribution in [0.15, 0.2) is 23.1 Å². The van der Waals surface area contributed by atoms with Crippen LogP contribution in [0.5, 0.6) is 0 Å². The molecule has 0 amide bonds. The Morgan fingerprint density at radius 1 is 1.05 bits per heavy atom. The average Bonchev–Trinajstić information content (AvgIpc) is 2.33. The first kappa shape index (κ1) is 16.3. The van der Waals surface area contributed by atoms with Gasteiger partial charge in [0.15, 0.2) is 0 Å². The van der Waals surface area contributed by atoms with E-state index in [1.807, 2.05) is 27.7 Å². The van der Waals surface area contributed by atoms with Gasteiger partial charge in [-0.05, 0) is 23.0 Å². The Labute approximate surface area is 123 Å². The molecule has 1 aromatic rings. The van der Waals surface area contributed by atoms with Gasteiger partial charge in [-0.2, -0.15) is 0 Å². The summed E-state index contributed by atoms with van der Waals surface area (Å²) < 4.78 is 53.6. The molecule has 0 saturated heterocycles. The van der Waals surface area contributed by atoms with Crippen molar-refractivity contribution in [1.29, 1.82) is 0 Å². The topological polar surface area (TPSA) is 72.2 Å². The van der Waals surface area contributed by atoms with Crippen molar-refractivity contribution in [3.05, 3.63) is 29.8 Å². The van der Waals surface area contributed by atoms with E-state index in [4.69, 9.17) is 5.73 Å². The van der Waals surface area contributed by atoms with E-state index in [-0.39, 0.29) is 6.04 Å². The van der Waals surface area contributed by atoms with Crippen molar-refractivity contribution in [2.24, 2.45) is 16.6 Å². The Morgan fingerprint density at radius 3 is 1.90 bits per heavy atom. The minimum Gasteiger partial charge on any atom is -0.327 e. The lowest BCUT2D eigenvalue weighted by atomic mass is 9.49. The van der Waals surface area contributed by atoms with Crippen molar-refractivity contribution >= 4 is 10.0 Å². The highest BCUT2D eigenvalue weighted by atomic mass is 32.2. The van der Waals surface area contributed by atoms with Gasteiger partial charge in [0.1, 0.15) is 11.6 Å². The summed E-state index contributed by atoms with van der Waals surface area (Å²) in [4.78, 5) is -0.424. The molecule has 7 heteroatoms. The third kappa shape index (κ3) is 2.58. The summed E-state index contributed by atoms with van der Waals surface area (Å²) in [5.74, 6) is -1.86. The molecule has 0 aliphatic heterocycles. The van der Waals surface area contributed by atoms with E-state index in [2.05, 4.69) is 4.72 Å². The van der Waals surface area contributed by atoms with Crippen LogP contribution >= 0.6 is 0 Å². The molecule has 21 heavy (non-hydrogen) atoms. The molecule has 1 aliphatic rings. The number of benzene rings is 1. The summed E-state index contributed by atoms with van der Waals surface area (Å²) in [5, 5.41) is 0. The number of rotatable bonds is 3. The van der Waals surface area contributed by atoms with Crippen LogP contribution in [0.1, 0.15) is 27.7 Å². The van der Waals surface area contributed by atoms with E-state index >= 15 is 0 Å². The van der Waals surface area contributed by atoms with Crippen molar-refractivity contribution in [3.8, 4) is 0 Å². The molecule has 1 aliphatic carbocycles. The number of nitrogens with two attached hydrogens (primary N) is 1. The van der Waals surface area contributed by atoms with E-state index in [0.717, 1.165) is 12.1 Å². The third-order valence-electron chi connectivity index (χ3n) is 4.51. The fourth-order valence-electron chi connectivity index (χ4n) is 3.39. The van der Waals surface area contributed by atoms with Gasteiger partial charge in [-0.15, -0.1) is 0 Å². The summed E-state index contributed by atoms with van der Waals surface area (Å²) in [6.45, 7) is 7.45. The lowest BCUT2D eigenvalue weighted by Gasteiger charge is -2.62. The molecule has 0 aromatic heterocycles. The fourth-order valence-corrected chi connectivity index (χ4v) is 4.98. The molecule has 2 rings (SSSR count). The van der Waals surface area contributed by atoms with Crippen molar-refractivity contribution < 1.29 is 17.2 Å². The molecule has 0 heterocycles. The summed E-state index contributed by atoms with van der Waals surface area (Å²) >= 11 is 0. The van der Waals surface area contributed by atoms with Crippen molar-refractivity contribution in [2.45, 2.75) is 44.7 Å². The lowest BCUT2D eigenvalue weighted by Crippen LogP contribution is -2.75. The maximum Gasteiger partial charge on any atom is 0.241 e. The number of hydrogen-bond donors (Lipinski definition) is 2. The fraction of sp³-hybridized carbons (Fsp3) is 0.571. The van der Waals surface area contributed by atoms with Crippen LogP contribution in [0.4, 0.5) is 8.78 Å². The van der Waals surface area contributed by atoms with Crippen LogP contribution < -0.4 is 10.5 Å². The van der Waals surface area contributed by atoms with Gasteiger partial charge >= 0.3 is 0 Å². The normalized spacial score (nSPS) is 27.2. The first-order valence-electron chi connectivity index (χ1n) is 6.63. The molecule has 1 saturated carbocycles. The first-order chi connectivity index (χ1) is 9.39. The standard InChI is InChI=1S/C14H20F2N2O2S/c1-13(2)11(17)14(3,4)12(13)18-21(19,20)10-6-8(15)5-9(16)7-10/h5-7,11-12,18H,17H2,1-4H3. The Bertz CT molecular complexity index is 635. The molecule has 4 nitrogen and oxygen atoms in total. The van der Waals surface area contributed by atoms with E-state index in [9.17, 15) is 17.2 Å². The lowest BCUT2D eigenvalue weighted by molar-refractivity contribution is -0.0593. The zero-order chi connectivity index (χ0) is 16.2. The molecule has 0 atom stereocenters. The Hall–Kier alpha value is -1.05. The predicted octanol–water partition coefficient (Wildman–Crippen LogP) is 2.00. The summed E-state index contributed by atoms with van der Waals surface area (Å²) in [5.41, 5.74) is 5.19. The molecule has 0 bridgehead atoms. The molecular weight excluding hydrogens is 298 g/mol. The van der Waals surface area contributed by atoms with Gasteiger partial charge in [0.05, 0.1) is 4.90 Å². The molecule has 0 spiro atoms. The number of sulfonamides is 1. The number of halogens is 2.